The van der Waals surface area contributed by atoms with E-state index in [1.165, 1.54) is 10.6 Å². The monoisotopic (exact) mass is 403 g/mol. The summed E-state index contributed by atoms with van der Waals surface area (Å²) in [4.78, 5) is 27.0. The molecule has 28 heavy (non-hydrogen) atoms. The van der Waals surface area contributed by atoms with Crippen molar-refractivity contribution in [1.82, 2.24) is 9.91 Å². The van der Waals surface area contributed by atoms with Gasteiger partial charge in [0.25, 0.3) is 5.91 Å². The lowest BCUT2D eigenvalue weighted by Gasteiger charge is -2.34. The third-order valence-corrected chi connectivity index (χ3v) is 7.66. The van der Waals surface area contributed by atoms with Crippen molar-refractivity contribution >= 4 is 27.4 Å². The zero-order valence-corrected chi connectivity index (χ0v) is 16.6. The Morgan fingerprint density at radius 1 is 1.04 bits per heavy atom. The average Bonchev–Trinajstić information content (AvgIpc) is 3.08. The van der Waals surface area contributed by atoms with E-state index in [9.17, 15) is 18.0 Å². The number of sulfone groups is 1. The van der Waals surface area contributed by atoms with E-state index in [1.54, 1.807) is 0 Å². The van der Waals surface area contributed by atoms with Gasteiger partial charge in [0.2, 0.25) is 5.91 Å². The van der Waals surface area contributed by atoms with Crippen LogP contribution in [0.1, 0.15) is 43.6 Å². The molecule has 2 fully saturated rings. The molecule has 3 heterocycles. The second-order valence-corrected chi connectivity index (χ2v) is 10.0. The second kappa shape index (κ2) is 7.66. The quantitative estimate of drug-likeness (QED) is 0.766. The molecule has 4 rings (SSSR count). The van der Waals surface area contributed by atoms with Gasteiger partial charge >= 0.3 is 0 Å². The molecule has 2 saturated heterocycles. The Labute approximate surface area is 165 Å². The highest BCUT2D eigenvalue weighted by atomic mass is 32.2. The van der Waals surface area contributed by atoms with E-state index in [4.69, 9.17) is 0 Å². The van der Waals surface area contributed by atoms with Gasteiger partial charge in [-0.2, -0.15) is 5.10 Å². The van der Waals surface area contributed by atoms with E-state index in [0.29, 0.717) is 37.6 Å². The van der Waals surface area contributed by atoms with Crippen LogP contribution in [-0.4, -0.2) is 66.5 Å². The molecule has 0 aliphatic carbocycles. The summed E-state index contributed by atoms with van der Waals surface area (Å²) in [6, 6.07) is 9.91. The van der Waals surface area contributed by atoms with Crippen LogP contribution in [0.15, 0.2) is 35.4 Å². The zero-order chi connectivity index (χ0) is 19.7. The molecule has 0 spiro atoms. The lowest BCUT2D eigenvalue weighted by atomic mass is 9.89. The van der Waals surface area contributed by atoms with E-state index >= 15 is 0 Å². The predicted octanol–water partition coefficient (Wildman–Crippen LogP) is 1.56. The van der Waals surface area contributed by atoms with Gasteiger partial charge in [0, 0.05) is 25.9 Å². The fraction of sp³-hybridized carbons (Fsp3) is 0.550. The van der Waals surface area contributed by atoms with Crippen molar-refractivity contribution in [2.24, 2.45) is 5.10 Å². The number of carbonyl (C=O) groups excluding carboxylic acids is 2. The largest absolute Gasteiger partial charge is 0.338 e. The molecular weight excluding hydrogens is 378 g/mol. The van der Waals surface area contributed by atoms with Crippen molar-refractivity contribution in [3.63, 3.8) is 0 Å². The maximum Gasteiger partial charge on any atom is 0.270 e. The first-order valence-corrected chi connectivity index (χ1v) is 11.7. The van der Waals surface area contributed by atoms with Crippen LogP contribution in [0.2, 0.25) is 0 Å². The van der Waals surface area contributed by atoms with Crippen molar-refractivity contribution in [2.75, 3.05) is 24.6 Å². The number of benzene rings is 1. The number of rotatable bonds is 3. The van der Waals surface area contributed by atoms with Gasteiger partial charge in [-0.3, -0.25) is 9.59 Å². The number of likely N-dealkylation sites (tertiary alicyclic amines) is 1. The maximum atomic E-state index is 12.9. The molecule has 0 radical (unpaired) electrons. The summed E-state index contributed by atoms with van der Waals surface area (Å²) in [5, 5.41) is 5.57. The van der Waals surface area contributed by atoms with Gasteiger partial charge in [-0.15, -0.1) is 0 Å². The lowest BCUT2D eigenvalue weighted by Crippen LogP contribution is -2.46. The van der Waals surface area contributed by atoms with E-state index in [2.05, 4.69) is 17.2 Å². The minimum atomic E-state index is -3.12. The summed E-state index contributed by atoms with van der Waals surface area (Å²) in [6.07, 6.45) is 2.74. The topological polar surface area (TPSA) is 87.1 Å². The van der Waals surface area contributed by atoms with Crippen LogP contribution in [0, 0.1) is 0 Å². The number of carbonyl (C=O) groups is 2. The van der Waals surface area contributed by atoms with Crippen LogP contribution in [-0.2, 0) is 19.4 Å². The Morgan fingerprint density at radius 3 is 2.39 bits per heavy atom. The summed E-state index contributed by atoms with van der Waals surface area (Å²) in [6.45, 7) is 1.34. The predicted molar refractivity (Wildman–Crippen MR) is 106 cm³/mol. The van der Waals surface area contributed by atoms with Crippen molar-refractivity contribution < 1.29 is 18.0 Å². The first-order valence-electron chi connectivity index (χ1n) is 9.87. The average molecular weight is 404 g/mol. The normalized spacial score (nSPS) is 25.6. The van der Waals surface area contributed by atoms with Gasteiger partial charge in [-0.05, 0) is 30.7 Å². The molecule has 0 N–H and O–H groups in total. The van der Waals surface area contributed by atoms with Crippen LogP contribution in [0.4, 0.5) is 0 Å². The summed E-state index contributed by atoms with van der Waals surface area (Å²) in [7, 11) is -3.12. The molecule has 1 unspecified atom stereocenters. The lowest BCUT2D eigenvalue weighted by molar-refractivity contribution is -0.134. The highest BCUT2D eigenvalue weighted by molar-refractivity contribution is 7.91. The van der Waals surface area contributed by atoms with Crippen LogP contribution < -0.4 is 0 Å². The molecule has 150 valence electrons. The number of amides is 2. The molecule has 3 aliphatic heterocycles. The highest BCUT2D eigenvalue weighted by Gasteiger charge is 2.38. The minimum Gasteiger partial charge on any atom is -0.338 e. The van der Waals surface area contributed by atoms with Gasteiger partial charge < -0.3 is 4.90 Å². The molecule has 3 aliphatic rings. The number of nitrogens with zero attached hydrogens (tertiary/aromatic N) is 3. The van der Waals surface area contributed by atoms with Crippen molar-refractivity contribution in [3.8, 4) is 0 Å². The Balaban J connectivity index is 1.42. The summed E-state index contributed by atoms with van der Waals surface area (Å²) in [5.41, 5.74) is 1.69. The molecule has 1 aromatic carbocycles. The first kappa shape index (κ1) is 19.1. The number of hydrogen-bond acceptors (Lipinski definition) is 5. The molecule has 1 atom stereocenters. The third-order valence-electron chi connectivity index (χ3n) is 5.91. The van der Waals surface area contributed by atoms with Crippen molar-refractivity contribution in [2.45, 2.75) is 44.1 Å². The summed E-state index contributed by atoms with van der Waals surface area (Å²) < 4.78 is 23.5. The van der Waals surface area contributed by atoms with E-state index in [0.717, 1.165) is 12.8 Å². The third kappa shape index (κ3) is 3.97. The summed E-state index contributed by atoms with van der Waals surface area (Å²) in [5.74, 6) is 0.158. The van der Waals surface area contributed by atoms with Crippen LogP contribution in [0.5, 0.6) is 0 Å². The smallest absolute Gasteiger partial charge is 0.270 e. The SMILES string of the molecule is O=C(C1=NN(C2CCS(=O)(=O)C2)C(=O)CC1)N1CCC(c2ccccc2)CC1. The number of hydrazone groups is 1. The molecule has 7 nitrogen and oxygen atoms in total. The standard InChI is InChI=1S/C20H25N3O4S/c24-19-7-6-18(21-23(19)17-10-13-28(26,27)14-17)20(25)22-11-8-16(9-12-22)15-4-2-1-3-5-15/h1-5,16-17H,6-14H2. The van der Waals surface area contributed by atoms with Crippen molar-refractivity contribution in [3.05, 3.63) is 35.9 Å². The van der Waals surface area contributed by atoms with Crippen LogP contribution in [0.3, 0.4) is 0 Å². The zero-order valence-electron chi connectivity index (χ0n) is 15.8. The Morgan fingerprint density at radius 2 is 1.75 bits per heavy atom. The number of hydrogen-bond donors (Lipinski definition) is 0. The Hall–Kier alpha value is -2.22. The molecule has 0 saturated carbocycles. The van der Waals surface area contributed by atoms with E-state index < -0.39 is 15.9 Å². The van der Waals surface area contributed by atoms with Gasteiger partial charge in [-0.1, -0.05) is 30.3 Å². The Bertz CT molecular complexity index is 889. The fourth-order valence-corrected chi connectivity index (χ4v) is 5.99. The molecule has 0 bridgehead atoms. The van der Waals surface area contributed by atoms with E-state index in [1.807, 2.05) is 23.1 Å². The first-order chi connectivity index (χ1) is 13.4. The molecular formula is C20H25N3O4S. The van der Waals surface area contributed by atoms with Gasteiger partial charge in [-0.25, -0.2) is 13.4 Å². The maximum absolute atomic E-state index is 12.9. The van der Waals surface area contributed by atoms with Crippen LogP contribution >= 0.6 is 0 Å². The second-order valence-electron chi connectivity index (χ2n) is 7.82. The van der Waals surface area contributed by atoms with Gasteiger partial charge in [0.05, 0.1) is 17.5 Å². The fourth-order valence-electron chi connectivity index (χ4n) is 4.30. The molecule has 1 aromatic rings. The molecule has 8 heteroatoms. The van der Waals surface area contributed by atoms with Crippen LogP contribution in [0.25, 0.3) is 0 Å². The number of piperidine rings is 1. The van der Waals surface area contributed by atoms with Gasteiger partial charge in [0.15, 0.2) is 9.84 Å². The summed E-state index contributed by atoms with van der Waals surface area (Å²) >= 11 is 0. The van der Waals surface area contributed by atoms with E-state index in [-0.39, 0.29) is 29.7 Å². The highest BCUT2D eigenvalue weighted by Crippen LogP contribution is 2.28. The molecule has 0 aromatic heterocycles. The Kier molecular flexibility index (Phi) is 5.23. The van der Waals surface area contributed by atoms with Crippen molar-refractivity contribution in [1.29, 1.82) is 0 Å². The minimum absolute atomic E-state index is 0.0633. The molecule has 2 amide bonds. The van der Waals surface area contributed by atoms with Gasteiger partial charge in [0.1, 0.15) is 5.71 Å².